The molecule has 0 fully saturated rings. The number of nitrogens with one attached hydrogen (secondary N) is 2. The molecular weight excluding hydrogens is 450 g/mol. The van der Waals surface area contributed by atoms with E-state index in [2.05, 4.69) is 41.7 Å². The van der Waals surface area contributed by atoms with Gasteiger partial charge in [0.15, 0.2) is 0 Å². The van der Waals surface area contributed by atoms with Crippen LogP contribution < -0.4 is 15.8 Å². The van der Waals surface area contributed by atoms with Gasteiger partial charge in [0, 0.05) is 6.04 Å². The largest absolute Gasteiger partial charge is 0.349 e. The minimum Gasteiger partial charge on any atom is -0.349 e. The standard InChI is InChI=1S/C25H31N5O3S/c1-14(2)26-22(31)19-12-13-20(34-19)23(32)28-27-15(3)21-16(4)29-30(24(21)33)18-10-8-17(9-11-18)25(5,6)7/h8-14,21H,1-7H3,(H,26,31)(H,28,32)/b27-15+. The average Bonchev–Trinajstić information content (AvgIpc) is 3.36. The van der Waals surface area contributed by atoms with E-state index in [1.165, 1.54) is 10.6 Å². The zero-order chi connectivity index (χ0) is 25.2. The highest BCUT2D eigenvalue weighted by Crippen LogP contribution is 2.28. The molecule has 0 aliphatic carbocycles. The highest BCUT2D eigenvalue weighted by Gasteiger charge is 2.36. The molecule has 0 radical (unpaired) electrons. The first-order valence-corrected chi connectivity index (χ1v) is 11.9. The van der Waals surface area contributed by atoms with E-state index in [-0.39, 0.29) is 23.3 Å². The highest BCUT2D eigenvalue weighted by molar-refractivity contribution is 7.15. The Morgan fingerprint density at radius 1 is 1.06 bits per heavy atom. The lowest BCUT2D eigenvalue weighted by molar-refractivity contribution is -0.118. The summed E-state index contributed by atoms with van der Waals surface area (Å²) in [7, 11) is 0. The molecule has 2 aromatic rings. The summed E-state index contributed by atoms with van der Waals surface area (Å²) >= 11 is 1.08. The Hall–Kier alpha value is -3.33. The third-order valence-corrected chi connectivity index (χ3v) is 6.42. The van der Waals surface area contributed by atoms with Crippen molar-refractivity contribution in [3.8, 4) is 0 Å². The monoisotopic (exact) mass is 481 g/mol. The first kappa shape index (κ1) is 25.3. The number of amides is 3. The van der Waals surface area contributed by atoms with Gasteiger partial charge < -0.3 is 5.32 Å². The topological polar surface area (TPSA) is 103 Å². The maximum absolute atomic E-state index is 13.1. The summed E-state index contributed by atoms with van der Waals surface area (Å²) in [5, 5.41) is 12.8. The van der Waals surface area contributed by atoms with E-state index in [9.17, 15) is 14.4 Å². The van der Waals surface area contributed by atoms with E-state index < -0.39 is 11.8 Å². The molecule has 1 aliphatic rings. The molecule has 1 aromatic carbocycles. The second-order valence-corrected chi connectivity index (χ2v) is 10.7. The summed E-state index contributed by atoms with van der Waals surface area (Å²) < 4.78 is 0. The fourth-order valence-corrected chi connectivity index (χ4v) is 4.31. The van der Waals surface area contributed by atoms with E-state index in [0.29, 0.717) is 26.9 Å². The van der Waals surface area contributed by atoms with Crippen LogP contribution in [0.3, 0.4) is 0 Å². The Morgan fingerprint density at radius 3 is 2.21 bits per heavy atom. The molecule has 2 N–H and O–H groups in total. The number of hydrogen-bond acceptors (Lipinski definition) is 6. The molecule has 3 rings (SSSR count). The van der Waals surface area contributed by atoms with E-state index in [0.717, 1.165) is 11.3 Å². The van der Waals surface area contributed by atoms with E-state index >= 15 is 0 Å². The number of benzene rings is 1. The van der Waals surface area contributed by atoms with Crippen molar-refractivity contribution in [2.45, 2.75) is 59.9 Å². The maximum Gasteiger partial charge on any atom is 0.281 e. The van der Waals surface area contributed by atoms with Gasteiger partial charge in [-0.1, -0.05) is 32.9 Å². The van der Waals surface area contributed by atoms with Crippen LogP contribution in [0.5, 0.6) is 0 Å². The van der Waals surface area contributed by atoms with Crippen molar-refractivity contribution in [3.63, 3.8) is 0 Å². The number of hydrogen-bond donors (Lipinski definition) is 2. The predicted octanol–water partition coefficient (Wildman–Crippen LogP) is 4.33. The molecule has 3 amide bonds. The van der Waals surface area contributed by atoms with Gasteiger partial charge in [-0.05, 0) is 62.9 Å². The number of anilines is 1. The van der Waals surface area contributed by atoms with Crippen LogP contribution in [-0.2, 0) is 10.2 Å². The molecule has 1 aromatic heterocycles. The van der Waals surface area contributed by atoms with Crippen molar-refractivity contribution in [3.05, 3.63) is 51.7 Å². The number of nitrogens with zero attached hydrogens (tertiary/aromatic N) is 3. The molecule has 1 atom stereocenters. The van der Waals surface area contributed by atoms with Crippen molar-refractivity contribution < 1.29 is 14.4 Å². The van der Waals surface area contributed by atoms with Gasteiger partial charge in [0.05, 0.1) is 26.9 Å². The van der Waals surface area contributed by atoms with Crippen molar-refractivity contribution in [1.29, 1.82) is 0 Å². The molecule has 0 saturated carbocycles. The third-order valence-electron chi connectivity index (χ3n) is 5.33. The Bertz CT molecular complexity index is 1160. The first-order chi connectivity index (χ1) is 15.9. The van der Waals surface area contributed by atoms with E-state index in [1.54, 1.807) is 26.0 Å². The lowest BCUT2D eigenvalue weighted by Gasteiger charge is -2.20. The van der Waals surface area contributed by atoms with Crippen molar-refractivity contribution in [2.24, 2.45) is 16.1 Å². The van der Waals surface area contributed by atoms with Crippen LogP contribution in [0.15, 0.2) is 46.6 Å². The van der Waals surface area contributed by atoms with Crippen LogP contribution in [0.25, 0.3) is 0 Å². The molecule has 2 heterocycles. The Labute approximate surface area is 204 Å². The quantitative estimate of drug-likeness (QED) is 0.474. The highest BCUT2D eigenvalue weighted by atomic mass is 32.1. The maximum atomic E-state index is 13.1. The zero-order valence-corrected chi connectivity index (χ0v) is 21.4. The molecule has 1 unspecified atom stereocenters. The minimum atomic E-state index is -0.654. The lowest BCUT2D eigenvalue weighted by atomic mass is 9.87. The number of rotatable bonds is 6. The first-order valence-electron chi connectivity index (χ1n) is 11.1. The van der Waals surface area contributed by atoms with Gasteiger partial charge >= 0.3 is 0 Å². The van der Waals surface area contributed by atoms with Gasteiger partial charge in [-0.2, -0.15) is 15.2 Å². The van der Waals surface area contributed by atoms with Crippen LogP contribution in [0, 0.1) is 5.92 Å². The normalized spacial score (nSPS) is 16.6. The lowest BCUT2D eigenvalue weighted by Crippen LogP contribution is -2.33. The number of carbonyl (C=O) groups excluding carboxylic acids is 3. The predicted molar refractivity (Wildman–Crippen MR) is 137 cm³/mol. The van der Waals surface area contributed by atoms with Gasteiger partial charge in [-0.25, -0.2) is 5.43 Å². The summed E-state index contributed by atoms with van der Waals surface area (Å²) in [6, 6.07) is 11.0. The molecule has 1 aliphatic heterocycles. The van der Waals surface area contributed by atoms with Crippen LogP contribution in [0.4, 0.5) is 5.69 Å². The average molecular weight is 482 g/mol. The van der Waals surface area contributed by atoms with Crippen LogP contribution >= 0.6 is 11.3 Å². The van der Waals surface area contributed by atoms with Crippen molar-refractivity contribution >= 4 is 46.2 Å². The summed E-state index contributed by atoms with van der Waals surface area (Å²) in [6.45, 7) is 13.6. The van der Waals surface area contributed by atoms with Crippen molar-refractivity contribution in [2.75, 3.05) is 5.01 Å². The van der Waals surface area contributed by atoms with Crippen molar-refractivity contribution in [1.82, 2.24) is 10.7 Å². The number of thiophene rings is 1. The SMILES string of the molecule is CC1=NN(c2ccc(C(C)(C)C)cc2)C(=O)C1/C(C)=N/NC(=O)c1ccc(C(=O)NC(C)C)s1. The molecule has 180 valence electrons. The van der Waals surface area contributed by atoms with Gasteiger partial charge in [0.2, 0.25) is 0 Å². The smallest absolute Gasteiger partial charge is 0.281 e. The Morgan fingerprint density at radius 2 is 1.65 bits per heavy atom. The summed E-state index contributed by atoms with van der Waals surface area (Å²) in [5.41, 5.74) is 5.39. The van der Waals surface area contributed by atoms with Crippen LogP contribution in [0.2, 0.25) is 0 Å². The molecule has 0 saturated heterocycles. The fourth-order valence-electron chi connectivity index (χ4n) is 3.51. The molecule has 0 bridgehead atoms. The summed E-state index contributed by atoms with van der Waals surface area (Å²) in [4.78, 5) is 38.5. The Kier molecular flexibility index (Phi) is 7.35. The van der Waals surface area contributed by atoms with Gasteiger partial charge in [0.1, 0.15) is 5.92 Å². The van der Waals surface area contributed by atoms with E-state index in [4.69, 9.17) is 0 Å². The Balaban J connectivity index is 1.68. The zero-order valence-electron chi connectivity index (χ0n) is 20.6. The second kappa shape index (κ2) is 9.89. The molecule has 0 spiro atoms. The van der Waals surface area contributed by atoms with Gasteiger partial charge in [-0.15, -0.1) is 11.3 Å². The summed E-state index contributed by atoms with van der Waals surface area (Å²) in [5.74, 6) is -1.54. The van der Waals surface area contributed by atoms with Crippen LogP contribution in [-0.4, -0.2) is 35.2 Å². The summed E-state index contributed by atoms with van der Waals surface area (Å²) in [6.07, 6.45) is 0. The van der Waals surface area contributed by atoms with Gasteiger partial charge in [0.25, 0.3) is 17.7 Å². The molecule has 34 heavy (non-hydrogen) atoms. The number of carbonyl (C=O) groups is 3. The second-order valence-electron chi connectivity index (χ2n) is 9.61. The fraction of sp³-hybridized carbons (Fsp3) is 0.400. The minimum absolute atomic E-state index is 0.00368. The van der Waals surface area contributed by atoms with Crippen LogP contribution in [0.1, 0.15) is 73.4 Å². The van der Waals surface area contributed by atoms with E-state index in [1.807, 2.05) is 38.1 Å². The molecular formula is C25H31N5O3S. The number of hydrazone groups is 2. The third kappa shape index (κ3) is 5.59. The molecule has 9 heteroatoms. The molecule has 8 nitrogen and oxygen atoms in total. The van der Waals surface area contributed by atoms with Gasteiger partial charge in [-0.3, -0.25) is 14.4 Å².